The average Bonchev–Trinajstić information content (AvgIpc) is 3.19. The molecule has 1 fully saturated rings. The van der Waals surface area contributed by atoms with Gasteiger partial charge in [0.1, 0.15) is 5.82 Å². The topological polar surface area (TPSA) is 88.4 Å². The molecule has 1 amide bonds. The molecule has 0 atom stereocenters. The molecule has 1 aliphatic heterocycles. The molecule has 3 aromatic rings. The fraction of sp³-hybridized carbons (Fsp3) is 0.286. The Hall–Kier alpha value is -3.32. The van der Waals surface area contributed by atoms with Crippen LogP contribution in [0.3, 0.4) is 0 Å². The van der Waals surface area contributed by atoms with E-state index in [1.807, 2.05) is 0 Å². The normalized spacial score (nSPS) is 15.5. The SMILES string of the molecule is Cc1c(C(=O)N2CCN(S(=O)(=O)c3cccc(F)c3)CC2)cnn1-c1ccc(C(F)(F)F)cn1. The number of hydrogen-bond donors (Lipinski definition) is 0. The lowest BCUT2D eigenvalue weighted by Crippen LogP contribution is -2.50. The molecule has 0 radical (unpaired) electrons. The summed E-state index contributed by atoms with van der Waals surface area (Å²) < 4.78 is 79.7. The first-order valence-electron chi connectivity index (χ1n) is 10.1. The number of sulfonamides is 1. The second-order valence-electron chi connectivity index (χ2n) is 7.61. The first kappa shape index (κ1) is 23.8. The zero-order valence-electron chi connectivity index (χ0n) is 17.8. The highest BCUT2D eigenvalue weighted by Gasteiger charge is 2.32. The van der Waals surface area contributed by atoms with Crippen molar-refractivity contribution in [2.75, 3.05) is 26.2 Å². The van der Waals surface area contributed by atoms with E-state index >= 15 is 0 Å². The summed E-state index contributed by atoms with van der Waals surface area (Å²) in [5.41, 5.74) is -0.293. The van der Waals surface area contributed by atoms with Gasteiger partial charge >= 0.3 is 6.18 Å². The van der Waals surface area contributed by atoms with E-state index in [-0.39, 0.29) is 42.5 Å². The van der Waals surface area contributed by atoms with Gasteiger partial charge in [-0.1, -0.05) is 6.07 Å². The van der Waals surface area contributed by atoms with Crippen LogP contribution in [0.4, 0.5) is 17.6 Å². The molecule has 0 bridgehead atoms. The predicted octanol–water partition coefficient (Wildman–Crippen LogP) is 2.88. The lowest BCUT2D eigenvalue weighted by Gasteiger charge is -2.34. The summed E-state index contributed by atoms with van der Waals surface area (Å²) in [6, 6.07) is 6.76. The first-order chi connectivity index (χ1) is 16.0. The van der Waals surface area contributed by atoms with Crippen LogP contribution in [0.5, 0.6) is 0 Å². The molecule has 0 spiro atoms. The van der Waals surface area contributed by atoms with E-state index in [1.54, 1.807) is 6.92 Å². The molecule has 0 saturated carbocycles. The van der Waals surface area contributed by atoms with Crippen LogP contribution in [0.25, 0.3) is 5.82 Å². The minimum absolute atomic E-state index is 0.0260. The van der Waals surface area contributed by atoms with Gasteiger partial charge in [-0.2, -0.15) is 22.6 Å². The number of halogens is 4. The largest absolute Gasteiger partial charge is 0.417 e. The summed E-state index contributed by atoms with van der Waals surface area (Å²) in [4.78, 5) is 18.1. The number of pyridine rings is 1. The standard InChI is InChI=1S/C21H19F4N5O3S/c1-14-18(13-27-30(14)19-6-5-15(12-26-19)21(23,24)25)20(31)28-7-9-29(10-8-28)34(32,33)17-4-2-3-16(22)11-17/h2-6,11-13H,7-10H2,1H3. The van der Waals surface area contributed by atoms with Crippen molar-refractivity contribution in [2.45, 2.75) is 18.0 Å². The average molecular weight is 497 g/mol. The Morgan fingerprint density at radius 3 is 2.32 bits per heavy atom. The van der Waals surface area contributed by atoms with Gasteiger partial charge in [0.05, 0.1) is 27.9 Å². The van der Waals surface area contributed by atoms with E-state index in [2.05, 4.69) is 10.1 Å². The quantitative estimate of drug-likeness (QED) is 0.518. The van der Waals surface area contributed by atoms with E-state index < -0.39 is 33.5 Å². The number of alkyl halides is 3. The van der Waals surface area contributed by atoms with Crippen LogP contribution in [0.2, 0.25) is 0 Å². The molecule has 13 heteroatoms. The maximum atomic E-state index is 13.5. The number of piperazine rings is 1. The van der Waals surface area contributed by atoms with Gasteiger partial charge in [-0.25, -0.2) is 22.5 Å². The minimum atomic E-state index is -4.52. The van der Waals surface area contributed by atoms with Crippen molar-refractivity contribution in [1.82, 2.24) is 24.0 Å². The van der Waals surface area contributed by atoms with Crippen molar-refractivity contribution in [3.8, 4) is 5.82 Å². The number of carbonyl (C=O) groups is 1. The Bertz CT molecular complexity index is 1310. The maximum absolute atomic E-state index is 13.5. The van der Waals surface area contributed by atoms with E-state index in [0.717, 1.165) is 24.3 Å². The van der Waals surface area contributed by atoms with Gasteiger partial charge in [-0.3, -0.25) is 4.79 Å². The van der Waals surface area contributed by atoms with Crippen LogP contribution >= 0.6 is 0 Å². The van der Waals surface area contributed by atoms with Gasteiger partial charge in [0.2, 0.25) is 10.0 Å². The fourth-order valence-electron chi connectivity index (χ4n) is 3.61. The molecule has 8 nitrogen and oxygen atoms in total. The molecule has 34 heavy (non-hydrogen) atoms. The van der Waals surface area contributed by atoms with Crippen LogP contribution in [-0.4, -0.2) is 64.5 Å². The van der Waals surface area contributed by atoms with E-state index in [1.165, 1.54) is 32.2 Å². The minimum Gasteiger partial charge on any atom is -0.336 e. The van der Waals surface area contributed by atoms with Gasteiger partial charge < -0.3 is 4.90 Å². The van der Waals surface area contributed by atoms with Gasteiger partial charge in [0.25, 0.3) is 5.91 Å². The summed E-state index contributed by atoms with van der Waals surface area (Å²) in [5.74, 6) is -0.932. The summed E-state index contributed by atoms with van der Waals surface area (Å²) in [7, 11) is -3.90. The molecule has 180 valence electrons. The van der Waals surface area contributed by atoms with Crippen LogP contribution < -0.4 is 0 Å². The highest BCUT2D eigenvalue weighted by atomic mass is 32.2. The number of rotatable bonds is 4. The third-order valence-electron chi connectivity index (χ3n) is 5.49. The lowest BCUT2D eigenvalue weighted by atomic mass is 10.2. The van der Waals surface area contributed by atoms with Crippen LogP contribution in [-0.2, 0) is 16.2 Å². The van der Waals surface area contributed by atoms with E-state index in [0.29, 0.717) is 11.9 Å². The highest BCUT2D eigenvalue weighted by Crippen LogP contribution is 2.29. The molecule has 0 N–H and O–H groups in total. The second kappa shape index (κ2) is 8.80. The third kappa shape index (κ3) is 4.53. The Morgan fingerprint density at radius 2 is 1.74 bits per heavy atom. The van der Waals surface area contributed by atoms with Crippen molar-refractivity contribution in [2.24, 2.45) is 0 Å². The van der Waals surface area contributed by atoms with Gasteiger partial charge in [0, 0.05) is 32.4 Å². The molecule has 1 saturated heterocycles. The highest BCUT2D eigenvalue weighted by molar-refractivity contribution is 7.89. The van der Waals surface area contributed by atoms with Crippen molar-refractivity contribution in [3.05, 3.63) is 71.4 Å². The number of nitrogens with zero attached hydrogens (tertiary/aromatic N) is 5. The Kier molecular flexibility index (Phi) is 6.16. The van der Waals surface area contributed by atoms with Gasteiger partial charge in [-0.15, -0.1) is 0 Å². The molecular weight excluding hydrogens is 478 g/mol. The van der Waals surface area contributed by atoms with Crippen LogP contribution in [0.15, 0.2) is 53.7 Å². The number of amides is 1. The van der Waals surface area contributed by atoms with Crippen LogP contribution in [0, 0.1) is 12.7 Å². The lowest BCUT2D eigenvalue weighted by molar-refractivity contribution is -0.137. The van der Waals surface area contributed by atoms with Crippen LogP contribution in [0.1, 0.15) is 21.6 Å². The summed E-state index contributed by atoms with van der Waals surface area (Å²) in [6.07, 6.45) is -2.53. The summed E-state index contributed by atoms with van der Waals surface area (Å²) in [6.45, 7) is 1.85. The number of carbonyl (C=O) groups excluding carboxylic acids is 1. The molecule has 1 aromatic carbocycles. The van der Waals surface area contributed by atoms with E-state index in [4.69, 9.17) is 0 Å². The molecule has 3 heterocycles. The summed E-state index contributed by atoms with van der Waals surface area (Å²) in [5, 5.41) is 4.08. The number of aromatic nitrogens is 3. The van der Waals surface area contributed by atoms with Crippen molar-refractivity contribution in [3.63, 3.8) is 0 Å². The molecule has 4 rings (SSSR count). The monoisotopic (exact) mass is 497 g/mol. The Balaban J connectivity index is 1.46. The summed E-state index contributed by atoms with van der Waals surface area (Å²) >= 11 is 0. The predicted molar refractivity (Wildman–Crippen MR) is 112 cm³/mol. The zero-order chi connectivity index (χ0) is 24.7. The molecule has 0 unspecified atom stereocenters. The number of hydrogen-bond acceptors (Lipinski definition) is 5. The van der Waals surface area contributed by atoms with Gasteiger partial charge in [0.15, 0.2) is 5.82 Å². The first-order valence-corrected chi connectivity index (χ1v) is 11.6. The Morgan fingerprint density at radius 1 is 1.03 bits per heavy atom. The van der Waals surface area contributed by atoms with Crippen molar-refractivity contribution < 1.29 is 30.8 Å². The van der Waals surface area contributed by atoms with Crippen molar-refractivity contribution >= 4 is 15.9 Å². The molecule has 2 aromatic heterocycles. The maximum Gasteiger partial charge on any atom is 0.417 e. The molecule has 1 aliphatic rings. The van der Waals surface area contributed by atoms with Gasteiger partial charge in [-0.05, 0) is 37.3 Å². The second-order valence-corrected chi connectivity index (χ2v) is 9.55. The molecular formula is C21H19F4N5O3S. The third-order valence-corrected chi connectivity index (χ3v) is 7.39. The number of benzene rings is 1. The Labute approximate surface area is 192 Å². The molecule has 0 aliphatic carbocycles. The van der Waals surface area contributed by atoms with Crippen molar-refractivity contribution in [1.29, 1.82) is 0 Å². The fourth-order valence-corrected chi connectivity index (χ4v) is 5.06. The van der Waals surface area contributed by atoms with E-state index in [9.17, 15) is 30.8 Å². The smallest absolute Gasteiger partial charge is 0.336 e. The zero-order valence-corrected chi connectivity index (χ0v) is 18.6.